The van der Waals surface area contributed by atoms with Crippen LogP contribution in [0.3, 0.4) is 0 Å². The number of phenolic OH excluding ortho intramolecular Hbond substituents is 1. The van der Waals surface area contributed by atoms with E-state index in [1.165, 1.54) is 5.56 Å². The van der Waals surface area contributed by atoms with Crippen LogP contribution in [0, 0.1) is 12.3 Å². The second-order valence-electron chi connectivity index (χ2n) is 5.15. The second-order valence-corrected chi connectivity index (χ2v) is 5.15. The number of aryl methyl sites for hydroxylation is 1. The van der Waals surface area contributed by atoms with E-state index >= 15 is 0 Å². The molecule has 0 amide bonds. The van der Waals surface area contributed by atoms with Crippen molar-refractivity contribution in [2.75, 3.05) is 0 Å². The largest absolute Gasteiger partial charge is 0.508 e. The van der Waals surface area contributed by atoms with Gasteiger partial charge in [-0.15, -0.1) is 0 Å². The van der Waals surface area contributed by atoms with E-state index in [0.29, 0.717) is 11.7 Å². The predicted molar refractivity (Wildman–Crippen MR) is 60.7 cm³/mol. The van der Waals surface area contributed by atoms with Crippen LogP contribution in [0.4, 0.5) is 0 Å². The van der Waals surface area contributed by atoms with Crippen molar-refractivity contribution >= 4 is 0 Å². The van der Waals surface area contributed by atoms with Gasteiger partial charge in [-0.1, -0.05) is 45.4 Å². The quantitative estimate of drug-likeness (QED) is 0.716. The van der Waals surface area contributed by atoms with Crippen LogP contribution in [0.1, 0.15) is 44.7 Å². The average Bonchev–Trinajstić information content (AvgIpc) is 2.06. The van der Waals surface area contributed by atoms with Crippen molar-refractivity contribution in [3.8, 4) is 5.75 Å². The van der Waals surface area contributed by atoms with Crippen LogP contribution >= 0.6 is 0 Å². The van der Waals surface area contributed by atoms with Crippen LogP contribution in [-0.2, 0) is 0 Å². The zero-order chi connectivity index (χ0) is 10.9. The van der Waals surface area contributed by atoms with Crippen molar-refractivity contribution in [3.63, 3.8) is 0 Å². The molecule has 0 spiro atoms. The summed E-state index contributed by atoms with van der Waals surface area (Å²) in [6.07, 6.45) is 0. The number of hydrogen-bond acceptors (Lipinski definition) is 1. The van der Waals surface area contributed by atoms with Crippen molar-refractivity contribution in [2.24, 2.45) is 5.41 Å². The maximum absolute atomic E-state index is 9.77. The Hall–Kier alpha value is -0.980. The fourth-order valence-electron chi connectivity index (χ4n) is 1.49. The zero-order valence-corrected chi connectivity index (χ0v) is 9.76. The van der Waals surface area contributed by atoms with Gasteiger partial charge in [-0.2, -0.15) is 0 Å². The molecule has 0 aliphatic heterocycles. The highest BCUT2D eigenvalue weighted by Crippen LogP contribution is 2.38. The van der Waals surface area contributed by atoms with E-state index in [9.17, 15) is 5.11 Å². The lowest BCUT2D eigenvalue weighted by molar-refractivity contribution is 0.329. The highest BCUT2D eigenvalue weighted by molar-refractivity contribution is 5.38. The molecule has 0 saturated heterocycles. The molecule has 0 aliphatic rings. The molecule has 1 heteroatoms. The summed E-state index contributed by atoms with van der Waals surface area (Å²) in [5.41, 5.74) is 2.44. The first-order valence-corrected chi connectivity index (χ1v) is 5.12. The van der Waals surface area contributed by atoms with Gasteiger partial charge in [0.2, 0.25) is 0 Å². The van der Waals surface area contributed by atoms with Crippen LogP contribution in [0.15, 0.2) is 18.2 Å². The van der Waals surface area contributed by atoms with Crippen LogP contribution in [0.5, 0.6) is 5.75 Å². The monoisotopic (exact) mass is 192 g/mol. The van der Waals surface area contributed by atoms with Gasteiger partial charge >= 0.3 is 0 Å². The Bertz CT molecular complexity index is 320. The third kappa shape index (κ3) is 2.28. The van der Waals surface area contributed by atoms with Gasteiger partial charge in [-0.3, -0.25) is 0 Å². The Kier molecular flexibility index (Phi) is 2.89. The van der Waals surface area contributed by atoms with Crippen molar-refractivity contribution in [1.82, 2.24) is 0 Å². The highest BCUT2D eigenvalue weighted by Gasteiger charge is 2.23. The molecule has 1 nitrogen and oxygen atoms in total. The Morgan fingerprint density at radius 2 is 1.79 bits per heavy atom. The van der Waals surface area contributed by atoms with E-state index in [4.69, 9.17) is 0 Å². The van der Waals surface area contributed by atoms with Gasteiger partial charge in [0.15, 0.2) is 0 Å². The van der Waals surface area contributed by atoms with Gasteiger partial charge in [0.1, 0.15) is 5.75 Å². The van der Waals surface area contributed by atoms with Crippen molar-refractivity contribution in [3.05, 3.63) is 29.3 Å². The van der Waals surface area contributed by atoms with Gasteiger partial charge in [-0.05, 0) is 29.9 Å². The summed E-state index contributed by atoms with van der Waals surface area (Å²) in [7, 11) is 0. The summed E-state index contributed by atoms with van der Waals surface area (Å²) in [6, 6.07) is 5.80. The van der Waals surface area contributed by atoms with Crippen LogP contribution in [0.25, 0.3) is 0 Å². The van der Waals surface area contributed by atoms with E-state index in [1.54, 1.807) is 6.07 Å². The third-order valence-corrected chi connectivity index (χ3v) is 2.95. The van der Waals surface area contributed by atoms with E-state index in [-0.39, 0.29) is 5.41 Å². The summed E-state index contributed by atoms with van der Waals surface area (Å²) in [5, 5.41) is 9.77. The highest BCUT2D eigenvalue weighted by atomic mass is 16.3. The Balaban J connectivity index is 3.12. The standard InChI is InChI=1S/C13H20O/c1-9-6-7-12(14)11(8-9)10(2)13(3,4)5/h6-8,10,14H,1-5H3. The van der Waals surface area contributed by atoms with Gasteiger partial charge < -0.3 is 5.11 Å². The molecule has 1 rings (SSSR count). The number of benzene rings is 1. The molecule has 0 aliphatic carbocycles. The van der Waals surface area contributed by atoms with E-state index in [1.807, 2.05) is 6.07 Å². The fraction of sp³-hybridized carbons (Fsp3) is 0.538. The lowest BCUT2D eigenvalue weighted by Crippen LogP contribution is -2.15. The molecule has 0 radical (unpaired) electrons. The molecule has 0 aromatic heterocycles. The normalized spacial score (nSPS) is 14.1. The van der Waals surface area contributed by atoms with Gasteiger partial charge in [0, 0.05) is 0 Å². The molecule has 1 aromatic carbocycles. The second kappa shape index (κ2) is 3.64. The topological polar surface area (TPSA) is 20.2 Å². The SMILES string of the molecule is Cc1ccc(O)c(C(C)C(C)(C)C)c1. The molecular weight excluding hydrogens is 172 g/mol. The summed E-state index contributed by atoms with van der Waals surface area (Å²) in [4.78, 5) is 0. The molecule has 1 atom stereocenters. The zero-order valence-electron chi connectivity index (χ0n) is 9.76. The molecule has 14 heavy (non-hydrogen) atoms. The minimum absolute atomic E-state index is 0.186. The number of phenols is 1. The summed E-state index contributed by atoms with van der Waals surface area (Å²) >= 11 is 0. The first-order chi connectivity index (χ1) is 6.32. The van der Waals surface area contributed by atoms with Crippen LogP contribution in [0.2, 0.25) is 0 Å². The van der Waals surface area contributed by atoms with E-state index in [0.717, 1.165) is 5.56 Å². The van der Waals surface area contributed by atoms with Crippen LogP contribution in [-0.4, -0.2) is 5.11 Å². The average molecular weight is 192 g/mol. The fourth-order valence-corrected chi connectivity index (χ4v) is 1.49. The third-order valence-electron chi connectivity index (χ3n) is 2.95. The lowest BCUT2D eigenvalue weighted by Gasteiger charge is -2.28. The van der Waals surface area contributed by atoms with Crippen molar-refractivity contribution in [2.45, 2.75) is 40.5 Å². The predicted octanol–water partition coefficient (Wildman–Crippen LogP) is 3.85. The first-order valence-electron chi connectivity index (χ1n) is 5.12. The minimum atomic E-state index is 0.186. The Labute approximate surface area is 86.8 Å². The summed E-state index contributed by atoms with van der Waals surface area (Å²) in [6.45, 7) is 10.8. The maximum Gasteiger partial charge on any atom is 0.119 e. The smallest absolute Gasteiger partial charge is 0.119 e. The Morgan fingerprint density at radius 3 is 2.29 bits per heavy atom. The van der Waals surface area contributed by atoms with E-state index in [2.05, 4.69) is 40.7 Å². The lowest BCUT2D eigenvalue weighted by atomic mass is 9.77. The van der Waals surface area contributed by atoms with Gasteiger partial charge in [-0.25, -0.2) is 0 Å². The molecule has 0 heterocycles. The number of aromatic hydroxyl groups is 1. The molecule has 0 bridgehead atoms. The first kappa shape index (κ1) is 11.1. The molecule has 1 N–H and O–H groups in total. The van der Waals surface area contributed by atoms with Crippen molar-refractivity contribution < 1.29 is 5.11 Å². The van der Waals surface area contributed by atoms with Crippen molar-refractivity contribution in [1.29, 1.82) is 0 Å². The maximum atomic E-state index is 9.77. The molecule has 1 aromatic rings. The molecule has 1 unspecified atom stereocenters. The molecule has 0 saturated carbocycles. The number of hydrogen-bond donors (Lipinski definition) is 1. The number of rotatable bonds is 1. The Morgan fingerprint density at radius 1 is 1.21 bits per heavy atom. The summed E-state index contributed by atoms with van der Waals surface area (Å²) < 4.78 is 0. The molecular formula is C13H20O. The van der Waals surface area contributed by atoms with Gasteiger partial charge in [0.25, 0.3) is 0 Å². The summed E-state index contributed by atoms with van der Waals surface area (Å²) in [5.74, 6) is 0.778. The van der Waals surface area contributed by atoms with Crippen LogP contribution < -0.4 is 0 Å². The molecule has 78 valence electrons. The van der Waals surface area contributed by atoms with Gasteiger partial charge in [0.05, 0.1) is 0 Å². The molecule has 0 fully saturated rings. The minimum Gasteiger partial charge on any atom is -0.508 e. The van der Waals surface area contributed by atoms with E-state index < -0.39 is 0 Å².